The summed E-state index contributed by atoms with van der Waals surface area (Å²) in [6.45, 7) is 2.10. The summed E-state index contributed by atoms with van der Waals surface area (Å²) in [5, 5.41) is 5.49. The largest absolute Gasteiger partial charge is 0.344 e. The fraction of sp³-hybridized carbons (Fsp3) is 0.357. The molecule has 2 rings (SSSR count). The molecule has 0 atom stereocenters. The molecule has 1 heterocycles. The van der Waals surface area contributed by atoms with Crippen molar-refractivity contribution in [1.29, 1.82) is 0 Å². The van der Waals surface area contributed by atoms with Gasteiger partial charge >= 0.3 is 0 Å². The van der Waals surface area contributed by atoms with Crippen LogP contribution in [0.25, 0.3) is 0 Å². The lowest BCUT2D eigenvalue weighted by Gasteiger charge is -2.30. The summed E-state index contributed by atoms with van der Waals surface area (Å²) in [6.07, 6.45) is 0. The summed E-state index contributed by atoms with van der Waals surface area (Å²) < 4.78 is 0. The molecule has 0 spiro atoms. The number of likely N-dealkylation sites (N-methyl/N-ethyl adjacent to an activating group) is 2. The zero-order valence-corrected chi connectivity index (χ0v) is 12.1. The minimum atomic E-state index is -0.225. The zero-order valence-electron chi connectivity index (χ0n) is 12.1. The maximum atomic E-state index is 12.1. The summed E-state index contributed by atoms with van der Waals surface area (Å²) in [4.78, 5) is 27.1. The van der Waals surface area contributed by atoms with Crippen LogP contribution in [0.1, 0.15) is 5.56 Å². The van der Waals surface area contributed by atoms with Gasteiger partial charge in [0.25, 0.3) is 11.8 Å². The number of amidine groups is 1. The molecule has 1 aliphatic rings. The predicted molar refractivity (Wildman–Crippen MR) is 77.4 cm³/mol. The van der Waals surface area contributed by atoms with Crippen molar-refractivity contribution in [2.45, 2.75) is 6.92 Å². The Morgan fingerprint density at radius 3 is 2.40 bits per heavy atom. The van der Waals surface area contributed by atoms with Crippen LogP contribution in [-0.4, -0.2) is 55.1 Å². The van der Waals surface area contributed by atoms with E-state index in [4.69, 9.17) is 0 Å². The van der Waals surface area contributed by atoms with Crippen LogP contribution in [0.5, 0.6) is 0 Å². The fourth-order valence-corrected chi connectivity index (χ4v) is 1.87. The van der Waals surface area contributed by atoms with E-state index in [0.29, 0.717) is 5.69 Å². The topological polar surface area (TPSA) is 56.2 Å². The summed E-state index contributed by atoms with van der Waals surface area (Å²) in [5.74, 6) is -0.126. The van der Waals surface area contributed by atoms with Gasteiger partial charge in [0.1, 0.15) is 6.54 Å². The molecule has 6 nitrogen and oxygen atoms in total. The second-order valence-corrected chi connectivity index (χ2v) is 5.02. The number of anilines is 1. The molecule has 1 aromatic carbocycles. The van der Waals surface area contributed by atoms with Crippen LogP contribution in [0, 0.1) is 6.92 Å². The zero-order chi connectivity index (χ0) is 14.9. The van der Waals surface area contributed by atoms with E-state index < -0.39 is 0 Å². The van der Waals surface area contributed by atoms with Crippen LogP contribution in [-0.2, 0) is 9.59 Å². The Morgan fingerprint density at radius 2 is 1.85 bits per heavy atom. The van der Waals surface area contributed by atoms with Gasteiger partial charge in [0.05, 0.1) is 5.69 Å². The molecular weight excluding hydrogens is 256 g/mol. The predicted octanol–water partition coefficient (Wildman–Crippen LogP) is 0.675. The average Bonchev–Trinajstić information content (AvgIpc) is 2.39. The molecule has 0 bridgehead atoms. The van der Waals surface area contributed by atoms with Crippen LogP contribution in [0.2, 0.25) is 0 Å². The SMILES string of the molecule is Cc1ccc(N2N=C(C(=O)N(C)C)N(C)CC2=O)cc1. The van der Waals surface area contributed by atoms with Crippen molar-refractivity contribution in [3.05, 3.63) is 29.8 Å². The van der Waals surface area contributed by atoms with Gasteiger partial charge in [-0.15, -0.1) is 5.10 Å². The third-order valence-corrected chi connectivity index (χ3v) is 3.04. The van der Waals surface area contributed by atoms with Gasteiger partial charge in [-0.3, -0.25) is 9.59 Å². The number of hydrogen-bond acceptors (Lipinski definition) is 4. The molecule has 0 unspecified atom stereocenters. The second kappa shape index (κ2) is 5.32. The highest BCUT2D eigenvalue weighted by Crippen LogP contribution is 2.19. The maximum absolute atomic E-state index is 12.1. The van der Waals surface area contributed by atoms with Gasteiger partial charge in [-0.2, -0.15) is 5.01 Å². The highest BCUT2D eigenvalue weighted by atomic mass is 16.2. The maximum Gasteiger partial charge on any atom is 0.290 e. The number of carbonyl (C=O) groups is 2. The Kier molecular flexibility index (Phi) is 3.74. The van der Waals surface area contributed by atoms with E-state index in [1.165, 1.54) is 9.91 Å². The van der Waals surface area contributed by atoms with Crippen molar-refractivity contribution in [3.8, 4) is 0 Å². The molecule has 0 fully saturated rings. The smallest absolute Gasteiger partial charge is 0.290 e. The molecule has 0 aromatic heterocycles. The molecule has 1 aromatic rings. The van der Waals surface area contributed by atoms with Crippen LogP contribution in [0.15, 0.2) is 29.4 Å². The van der Waals surface area contributed by atoms with Gasteiger partial charge in [-0.1, -0.05) is 17.7 Å². The van der Waals surface area contributed by atoms with Gasteiger partial charge in [-0.05, 0) is 19.1 Å². The first-order valence-corrected chi connectivity index (χ1v) is 6.31. The number of hydrogen-bond donors (Lipinski definition) is 0. The monoisotopic (exact) mass is 274 g/mol. The number of hydrazone groups is 1. The first-order chi connectivity index (χ1) is 9.40. The molecule has 20 heavy (non-hydrogen) atoms. The minimum Gasteiger partial charge on any atom is -0.344 e. The quantitative estimate of drug-likeness (QED) is 0.796. The van der Waals surface area contributed by atoms with Gasteiger partial charge < -0.3 is 9.80 Å². The Labute approximate surface area is 118 Å². The molecule has 0 N–H and O–H groups in total. The van der Waals surface area contributed by atoms with E-state index in [2.05, 4.69) is 5.10 Å². The highest BCUT2D eigenvalue weighted by molar-refractivity contribution is 6.38. The van der Waals surface area contributed by atoms with Crippen molar-refractivity contribution < 1.29 is 9.59 Å². The number of amides is 2. The van der Waals surface area contributed by atoms with Crippen molar-refractivity contribution in [1.82, 2.24) is 9.80 Å². The van der Waals surface area contributed by atoms with Crippen molar-refractivity contribution in [2.24, 2.45) is 5.10 Å². The van der Waals surface area contributed by atoms with E-state index in [9.17, 15) is 9.59 Å². The molecular formula is C14H18N4O2. The first-order valence-electron chi connectivity index (χ1n) is 6.31. The Morgan fingerprint density at radius 1 is 1.25 bits per heavy atom. The van der Waals surface area contributed by atoms with Gasteiger partial charge in [-0.25, -0.2) is 0 Å². The number of carbonyl (C=O) groups excluding carboxylic acids is 2. The van der Waals surface area contributed by atoms with Crippen LogP contribution >= 0.6 is 0 Å². The molecule has 2 amide bonds. The van der Waals surface area contributed by atoms with Crippen LogP contribution in [0.3, 0.4) is 0 Å². The second-order valence-electron chi connectivity index (χ2n) is 5.02. The number of rotatable bonds is 2. The molecule has 0 aliphatic carbocycles. The Hall–Kier alpha value is -2.37. The lowest BCUT2D eigenvalue weighted by Crippen LogP contribution is -2.51. The summed E-state index contributed by atoms with van der Waals surface area (Å²) >= 11 is 0. The van der Waals surface area contributed by atoms with Crippen molar-refractivity contribution in [2.75, 3.05) is 32.7 Å². The van der Waals surface area contributed by atoms with E-state index >= 15 is 0 Å². The standard InChI is InChI=1S/C14H18N4O2/c1-10-5-7-11(8-6-10)18-12(19)9-17(4)13(15-18)14(20)16(2)3/h5-8H,9H2,1-4H3. The van der Waals surface area contributed by atoms with E-state index in [1.54, 1.807) is 26.0 Å². The van der Waals surface area contributed by atoms with E-state index in [-0.39, 0.29) is 24.2 Å². The minimum absolute atomic E-state index is 0.131. The molecule has 0 saturated heterocycles. The van der Waals surface area contributed by atoms with Crippen LogP contribution < -0.4 is 5.01 Å². The fourth-order valence-electron chi connectivity index (χ4n) is 1.87. The summed E-state index contributed by atoms with van der Waals surface area (Å²) in [6, 6.07) is 7.45. The van der Waals surface area contributed by atoms with Gasteiger partial charge in [0.15, 0.2) is 0 Å². The van der Waals surface area contributed by atoms with E-state index in [0.717, 1.165) is 5.56 Å². The molecule has 106 valence electrons. The first kappa shape index (κ1) is 14.0. The number of benzene rings is 1. The lowest BCUT2D eigenvalue weighted by atomic mass is 10.2. The molecule has 1 aliphatic heterocycles. The number of aryl methyl sites for hydroxylation is 1. The number of nitrogens with zero attached hydrogens (tertiary/aromatic N) is 4. The highest BCUT2D eigenvalue weighted by Gasteiger charge is 2.30. The third kappa shape index (κ3) is 2.64. The molecule has 0 saturated carbocycles. The normalized spacial score (nSPS) is 15.2. The van der Waals surface area contributed by atoms with Gasteiger partial charge in [0, 0.05) is 21.1 Å². The van der Waals surface area contributed by atoms with Gasteiger partial charge in [0.2, 0.25) is 5.84 Å². The average molecular weight is 274 g/mol. The summed E-state index contributed by atoms with van der Waals surface area (Å²) in [7, 11) is 5.00. The summed E-state index contributed by atoms with van der Waals surface area (Å²) in [5.41, 5.74) is 1.77. The molecule has 0 radical (unpaired) electrons. The molecule has 6 heteroatoms. The Balaban J connectivity index is 2.39. The Bertz CT molecular complexity index is 563. The van der Waals surface area contributed by atoms with Crippen molar-refractivity contribution >= 4 is 23.3 Å². The van der Waals surface area contributed by atoms with E-state index in [1.807, 2.05) is 31.2 Å². The third-order valence-electron chi connectivity index (χ3n) is 3.04. The van der Waals surface area contributed by atoms with Crippen LogP contribution in [0.4, 0.5) is 5.69 Å². The van der Waals surface area contributed by atoms with Crippen molar-refractivity contribution in [3.63, 3.8) is 0 Å². The lowest BCUT2D eigenvalue weighted by molar-refractivity contribution is -0.123.